The van der Waals surface area contributed by atoms with Gasteiger partial charge in [-0.15, -0.1) is 0 Å². The number of amides is 3. The molecule has 1 N–H and O–H groups in total. The number of nitrogens with one attached hydrogen (secondary N) is 1. The van der Waals surface area contributed by atoms with Crippen LogP contribution in [0.4, 0.5) is 4.79 Å². The van der Waals surface area contributed by atoms with Crippen LogP contribution in [-0.2, 0) is 16.9 Å². The molecule has 0 spiro atoms. The SMILES string of the molecule is COc1ccccc1-c1noc(CN2C(=O)NC(C)(c3cc(C)oc3C)C2=O)n1. The van der Waals surface area contributed by atoms with E-state index in [2.05, 4.69) is 15.5 Å². The summed E-state index contributed by atoms with van der Waals surface area (Å²) in [7, 11) is 1.55. The van der Waals surface area contributed by atoms with Crippen LogP contribution in [-0.4, -0.2) is 34.1 Å². The summed E-state index contributed by atoms with van der Waals surface area (Å²) < 4.78 is 16.1. The van der Waals surface area contributed by atoms with Crippen LogP contribution in [0.5, 0.6) is 5.75 Å². The number of rotatable bonds is 5. The number of nitrogens with zero attached hydrogens (tertiary/aromatic N) is 3. The van der Waals surface area contributed by atoms with Crippen molar-refractivity contribution in [1.29, 1.82) is 0 Å². The Kier molecular flexibility index (Phi) is 4.37. The molecule has 3 aromatic rings. The topological polar surface area (TPSA) is 111 Å². The Morgan fingerprint density at radius 3 is 2.69 bits per heavy atom. The first-order valence-electron chi connectivity index (χ1n) is 9.01. The number of aromatic nitrogens is 2. The predicted octanol–water partition coefficient (Wildman–Crippen LogP) is 2.92. The van der Waals surface area contributed by atoms with Crippen LogP contribution >= 0.6 is 0 Å². The van der Waals surface area contributed by atoms with Crippen molar-refractivity contribution in [2.45, 2.75) is 32.9 Å². The van der Waals surface area contributed by atoms with Crippen LogP contribution in [0.15, 0.2) is 39.3 Å². The van der Waals surface area contributed by atoms with E-state index in [0.29, 0.717) is 34.2 Å². The maximum Gasteiger partial charge on any atom is 0.325 e. The third-order valence-electron chi connectivity index (χ3n) is 4.96. The average molecular weight is 396 g/mol. The Labute approximate surface area is 166 Å². The van der Waals surface area contributed by atoms with Gasteiger partial charge in [0.2, 0.25) is 11.7 Å². The lowest BCUT2D eigenvalue weighted by Crippen LogP contribution is -2.41. The third kappa shape index (κ3) is 3.04. The van der Waals surface area contributed by atoms with Crippen LogP contribution in [0.2, 0.25) is 0 Å². The number of aryl methyl sites for hydroxylation is 2. The lowest BCUT2D eigenvalue weighted by molar-refractivity contribution is -0.131. The second-order valence-corrected chi connectivity index (χ2v) is 6.99. The number of hydrogen-bond donors (Lipinski definition) is 1. The molecule has 0 saturated carbocycles. The van der Waals surface area contributed by atoms with Crippen molar-refractivity contribution in [3.8, 4) is 17.1 Å². The fourth-order valence-corrected chi connectivity index (χ4v) is 3.54. The van der Waals surface area contributed by atoms with Gasteiger partial charge in [-0.2, -0.15) is 4.98 Å². The predicted molar refractivity (Wildman–Crippen MR) is 101 cm³/mol. The van der Waals surface area contributed by atoms with Crippen molar-refractivity contribution >= 4 is 11.9 Å². The largest absolute Gasteiger partial charge is 0.496 e. The fraction of sp³-hybridized carbons (Fsp3) is 0.300. The van der Waals surface area contributed by atoms with E-state index >= 15 is 0 Å². The van der Waals surface area contributed by atoms with Gasteiger partial charge in [-0.1, -0.05) is 17.3 Å². The zero-order valence-corrected chi connectivity index (χ0v) is 16.5. The van der Waals surface area contributed by atoms with Crippen molar-refractivity contribution in [3.05, 3.63) is 53.3 Å². The number of imide groups is 1. The molecule has 3 amide bonds. The number of furan rings is 1. The summed E-state index contributed by atoms with van der Waals surface area (Å²) in [6.07, 6.45) is 0. The molecule has 0 aliphatic carbocycles. The smallest absolute Gasteiger partial charge is 0.325 e. The van der Waals surface area contributed by atoms with Gasteiger partial charge >= 0.3 is 6.03 Å². The van der Waals surface area contributed by atoms with Crippen molar-refractivity contribution in [3.63, 3.8) is 0 Å². The van der Waals surface area contributed by atoms with E-state index in [0.717, 1.165) is 4.90 Å². The normalized spacial score (nSPS) is 19.0. The van der Waals surface area contributed by atoms with Crippen molar-refractivity contribution < 1.29 is 23.3 Å². The van der Waals surface area contributed by atoms with Gasteiger partial charge < -0.3 is 19.0 Å². The Morgan fingerprint density at radius 2 is 2.00 bits per heavy atom. The second-order valence-electron chi connectivity index (χ2n) is 6.99. The summed E-state index contributed by atoms with van der Waals surface area (Å²) in [4.78, 5) is 31.0. The molecule has 9 heteroatoms. The summed E-state index contributed by atoms with van der Waals surface area (Å²) >= 11 is 0. The van der Waals surface area contributed by atoms with Crippen LogP contribution < -0.4 is 10.1 Å². The molecule has 1 saturated heterocycles. The van der Waals surface area contributed by atoms with E-state index < -0.39 is 17.5 Å². The van der Waals surface area contributed by atoms with Crippen LogP contribution in [0.3, 0.4) is 0 Å². The molecule has 1 aliphatic heterocycles. The number of carbonyl (C=O) groups is 2. The highest BCUT2D eigenvalue weighted by Gasteiger charge is 2.51. The lowest BCUT2D eigenvalue weighted by Gasteiger charge is -2.20. The quantitative estimate of drug-likeness (QED) is 0.660. The lowest BCUT2D eigenvalue weighted by atomic mass is 9.92. The molecule has 1 unspecified atom stereocenters. The molecule has 1 aromatic carbocycles. The second kappa shape index (κ2) is 6.77. The monoisotopic (exact) mass is 396 g/mol. The molecule has 1 atom stereocenters. The summed E-state index contributed by atoms with van der Waals surface area (Å²) in [5.74, 6) is 1.87. The van der Waals surface area contributed by atoms with Gasteiger partial charge in [-0.25, -0.2) is 4.79 Å². The van der Waals surface area contributed by atoms with Crippen LogP contribution in [0.25, 0.3) is 11.4 Å². The first-order valence-corrected chi connectivity index (χ1v) is 9.01. The summed E-state index contributed by atoms with van der Waals surface area (Å²) in [6.45, 7) is 5.06. The molecule has 29 heavy (non-hydrogen) atoms. The molecular weight excluding hydrogens is 376 g/mol. The summed E-state index contributed by atoms with van der Waals surface area (Å²) in [5, 5.41) is 6.69. The standard InChI is InChI=1S/C20H20N4O5/c1-11-9-14(12(2)28-11)20(3)18(25)24(19(26)22-20)10-16-21-17(23-29-16)13-7-5-6-8-15(13)27-4/h5-9H,10H2,1-4H3,(H,22,26). The van der Waals surface area contributed by atoms with Gasteiger partial charge in [0.25, 0.3) is 5.91 Å². The first kappa shape index (κ1) is 18.7. The van der Waals surface area contributed by atoms with Gasteiger partial charge in [0.05, 0.1) is 12.7 Å². The number of urea groups is 1. The number of methoxy groups -OCH3 is 1. The molecular formula is C20H20N4O5. The number of benzene rings is 1. The van der Waals surface area contributed by atoms with Gasteiger partial charge in [-0.3, -0.25) is 9.69 Å². The van der Waals surface area contributed by atoms with E-state index in [-0.39, 0.29) is 12.4 Å². The third-order valence-corrected chi connectivity index (χ3v) is 4.96. The maximum atomic E-state index is 13.1. The Morgan fingerprint density at radius 1 is 1.24 bits per heavy atom. The molecule has 0 bridgehead atoms. The molecule has 150 valence electrons. The molecule has 4 rings (SSSR count). The minimum Gasteiger partial charge on any atom is -0.496 e. The van der Waals surface area contributed by atoms with E-state index in [1.807, 2.05) is 12.1 Å². The highest BCUT2D eigenvalue weighted by molar-refractivity contribution is 6.07. The number of hydrogen-bond acceptors (Lipinski definition) is 7. The van der Waals surface area contributed by atoms with Crippen molar-refractivity contribution in [2.75, 3.05) is 7.11 Å². The van der Waals surface area contributed by atoms with Crippen molar-refractivity contribution in [1.82, 2.24) is 20.4 Å². The molecule has 0 radical (unpaired) electrons. The summed E-state index contributed by atoms with van der Waals surface area (Å²) in [5.41, 5.74) is 0.0531. The molecule has 1 aliphatic rings. The number of ether oxygens (including phenoxy) is 1. The Bertz CT molecular complexity index is 1100. The van der Waals surface area contributed by atoms with Gasteiger partial charge in [-0.05, 0) is 39.0 Å². The number of para-hydroxylation sites is 1. The summed E-state index contributed by atoms with van der Waals surface area (Å²) in [6, 6.07) is 8.45. The number of carbonyl (C=O) groups excluding carboxylic acids is 2. The highest BCUT2D eigenvalue weighted by atomic mass is 16.5. The van der Waals surface area contributed by atoms with Crippen LogP contribution in [0, 0.1) is 13.8 Å². The molecule has 9 nitrogen and oxygen atoms in total. The minimum atomic E-state index is -1.22. The van der Waals surface area contributed by atoms with Gasteiger partial charge in [0, 0.05) is 5.56 Å². The average Bonchev–Trinajstić information content (AvgIpc) is 3.36. The first-order chi connectivity index (χ1) is 13.8. The zero-order valence-electron chi connectivity index (χ0n) is 16.5. The van der Waals surface area contributed by atoms with Crippen LogP contribution in [0.1, 0.15) is 29.9 Å². The van der Waals surface area contributed by atoms with E-state index in [4.69, 9.17) is 13.7 Å². The maximum absolute atomic E-state index is 13.1. The molecule has 3 heterocycles. The highest BCUT2D eigenvalue weighted by Crippen LogP contribution is 2.34. The molecule has 1 fully saturated rings. The van der Waals surface area contributed by atoms with E-state index in [1.165, 1.54) is 0 Å². The van der Waals surface area contributed by atoms with E-state index in [1.54, 1.807) is 46.1 Å². The van der Waals surface area contributed by atoms with Gasteiger partial charge in [0.15, 0.2) is 0 Å². The minimum absolute atomic E-state index is 0.138. The Hall–Kier alpha value is -3.62. The molecule has 2 aromatic heterocycles. The fourth-order valence-electron chi connectivity index (χ4n) is 3.54. The Balaban J connectivity index is 1.59. The zero-order chi connectivity index (χ0) is 20.8. The van der Waals surface area contributed by atoms with Gasteiger partial charge in [0.1, 0.15) is 29.4 Å². The van der Waals surface area contributed by atoms with Crippen molar-refractivity contribution in [2.24, 2.45) is 0 Å². The van der Waals surface area contributed by atoms with E-state index in [9.17, 15) is 9.59 Å².